The summed E-state index contributed by atoms with van der Waals surface area (Å²) in [5, 5.41) is 8.70. The van der Waals surface area contributed by atoms with Crippen LogP contribution in [0.1, 0.15) is 0 Å². The van der Waals surface area contributed by atoms with Gasteiger partial charge in [0, 0.05) is 45.0 Å². The molecule has 7 nitrogen and oxygen atoms in total. The second-order valence-corrected chi connectivity index (χ2v) is 7.33. The molecule has 3 aromatic heterocycles. The maximum absolute atomic E-state index is 11.5. The van der Waals surface area contributed by atoms with E-state index in [1.165, 1.54) is 6.08 Å². The second kappa shape index (κ2) is 6.80. The van der Waals surface area contributed by atoms with Gasteiger partial charge in [0.2, 0.25) is 11.9 Å². The summed E-state index contributed by atoms with van der Waals surface area (Å²) in [6.07, 6.45) is 5.32. The number of carbonyl (C=O) groups is 1. The first kappa shape index (κ1) is 16.6. The highest BCUT2D eigenvalue weighted by molar-refractivity contribution is 7.17. The Balaban J connectivity index is 1.46. The fraction of sp³-hybridized carbons (Fsp3) is 0.278. The Bertz CT molecular complexity index is 956. The molecule has 4 heterocycles. The Labute approximate surface area is 155 Å². The Morgan fingerprint density at radius 1 is 1.42 bits per heavy atom. The number of likely N-dealkylation sites (tertiary alicyclic amines) is 1. The minimum Gasteiger partial charge on any atom is -0.368 e. The summed E-state index contributed by atoms with van der Waals surface area (Å²) in [4.78, 5) is 22.6. The molecule has 1 aliphatic rings. The quantitative estimate of drug-likeness (QED) is 0.655. The molecule has 0 aliphatic carbocycles. The number of aryl methyl sites for hydroxylation is 1. The molecule has 2 N–H and O–H groups in total. The van der Waals surface area contributed by atoms with Gasteiger partial charge >= 0.3 is 0 Å². The molecule has 0 aromatic carbocycles. The molecule has 1 saturated heterocycles. The Hall–Kier alpha value is -2.87. The van der Waals surface area contributed by atoms with E-state index in [0.29, 0.717) is 11.9 Å². The predicted molar refractivity (Wildman–Crippen MR) is 105 cm³/mol. The minimum absolute atomic E-state index is 0.00159. The first-order valence-electron chi connectivity index (χ1n) is 8.42. The lowest BCUT2D eigenvalue weighted by Crippen LogP contribution is -2.51. The average Bonchev–Trinajstić information content (AvgIpc) is 3.21. The van der Waals surface area contributed by atoms with Crippen molar-refractivity contribution in [1.29, 1.82) is 0 Å². The molecule has 0 radical (unpaired) electrons. The van der Waals surface area contributed by atoms with Crippen LogP contribution in [0.25, 0.3) is 10.2 Å². The van der Waals surface area contributed by atoms with Crippen molar-refractivity contribution in [2.75, 3.05) is 30.3 Å². The highest BCUT2D eigenvalue weighted by Gasteiger charge is 2.29. The standard InChI is InChI=1S/C18H20N6OS/c1-3-15(25)24-9-12(10-24)8-19-17-16-14(5-7-26-16)21-18(22-17)20-13-4-6-23(2)11-13/h3-7,11-12H,1,8-10H2,2H3,(H2,19,20,21,22). The zero-order chi connectivity index (χ0) is 18.1. The number of hydrogen-bond donors (Lipinski definition) is 2. The molecule has 4 rings (SSSR count). The zero-order valence-electron chi connectivity index (χ0n) is 14.5. The fourth-order valence-electron chi connectivity index (χ4n) is 2.99. The number of anilines is 3. The van der Waals surface area contributed by atoms with Gasteiger partial charge in [-0.2, -0.15) is 4.98 Å². The number of nitrogens with zero attached hydrogens (tertiary/aromatic N) is 4. The fourth-order valence-corrected chi connectivity index (χ4v) is 3.79. The molecule has 0 saturated carbocycles. The zero-order valence-corrected chi connectivity index (χ0v) is 15.3. The largest absolute Gasteiger partial charge is 0.368 e. The molecule has 134 valence electrons. The Morgan fingerprint density at radius 3 is 3.00 bits per heavy atom. The maximum atomic E-state index is 11.5. The van der Waals surface area contributed by atoms with Crippen molar-refractivity contribution < 1.29 is 4.79 Å². The van der Waals surface area contributed by atoms with Crippen LogP contribution in [0.4, 0.5) is 17.5 Å². The number of carbonyl (C=O) groups excluding carboxylic acids is 1. The molecular formula is C18H20N6OS. The second-order valence-electron chi connectivity index (χ2n) is 6.42. The first-order chi connectivity index (χ1) is 12.6. The van der Waals surface area contributed by atoms with Crippen molar-refractivity contribution in [3.8, 4) is 0 Å². The third kappa shape index (κ3) is 3.28. The van der Waals surface area contributed by atoms with Crippen LogP contribution < -0.4 is 10.6 Å². The van der Waals surface area contributed by atoms with Crippen molar-refractivity contribution in [1.82, 2.24) is 19.4 Å². The van der Waals surface area contributed by atoms with E-state index in [-0.39, 0.29) is 5.91 Å². The van der Waals surface area contributed by atoms with Gasteiger partial charge in [-0.1, -0.05) is 6.58 Å². The smallest absolute Gasteiger partial charge is 0.245 e. The summed E-state index contributed by atoms with van der Waals surface area (Å²) >= 11 is 1.62. The summed E-state index contributed by atoms with van der Waals surface area (Å²) < 4.78 is 3.01. The first-order valence-corrected chi connectivity index (χ1v) is 9.30. The van der Waals surface area contributed by atoms with Gasteiger partial charge in [-0.05, 0) is 23.6 Å². The number of aromatic nitrogens is 3. The van der Waals surface area contributed by atoms with E-state index >= 15 is 0 Å². The summed E-state index contributed by atoms with van der Waals surface area (Å²) in [5.74, 6) is 1.83. The van der Waals surface area contributed by atoms with Crippen LogP contribution in [0, 0.1) is 5.92 Å². The van der Waals surface area contributed by atoms with Crippen molar-refractivity contribution in [3.63, 3.8) is 0 Å². The van der Waals surface area contributed by atoms with Crippen molar-refractivity contribution in [2.45, 2.75) is 0 Å². The minimum atomic E-state index is -0.00159. The summed E-state index contributed by atoms with van der Waals surface area (Å²) in [5.41, 5.74) is 1.87. The lowest BCUT2D eigenvalue weighted by Gasteiger charge is -2.38. The molecular weight excluding hydrogens is 348 g/mol. The molecule has 0 spiro atoms. The Kier molecular flexibility index (Phi) is 4.34. The third-order valence-electron chi connectivity index (χ3n) is 4.39. The normalized spacial score (nSPS) is 14.3. The highest BCUT2D eigenvalue weighted by Crippen LogP contribution is 2.29. The number of rotatable bonds is 6. The van der Waals surface area contributed by atoms with Gasteiger partial charge in [0.15, 0.2) is 0 Å². The molecule has 3 aromatic rings. The van der Waals surface area contributed by atoms with E-state index in [0.717, 1.165) is 41.4 Å². The van der Waals surface area contributed by atoms with Gasteiger partial charge in [-0.15, -0.1) is 11.3 Å². The van der Waals surface area contributed by atoms with Gasteiger partial charge in [0.05, 0.1) is 15.9 Å². The van der Waals surface area contributed by atoms with Gasteiger partial charge in [0.25, 0.3) is 0 Å². The van der Waals surface area contributed by atoms with E-state index in [2.05, 4.69) is 27.2 Å². The molecule has 8 heteroatoms. The molecule has 1 amide bonds. The van der Waals surface area contributed by atoms with Crippen molar-refractivity contribution in [2.24, 2.45) is 13.0 Å². The summed E-state index contributed by atoms with van der Waals surface area (Å²) in [6, 6.07) is 3.98. The molecule has 0 atom stereocenters. The van der Waals surface area contributed by atoms with Gasteiger partial charge < -0.3 is 20.1 Å². The van der Waals surface area contributed by atoms with Crippen LogP contribution in [0.2, 0.25) is 0 Å². The topological polar surface area (TPSA) is 75.1 Å². The van der Waals surface area contributed by atoms with E-state index in [1.807, 2.05) is 41.5 Å². The van der Waals surface area contributed by atoms with Crippen LogP contribution in [0.3, 0.4) is 0 Å². The molecule has 0 unspecified atom stereocenters. The van der Waals surface area contributed by atoms with E-state index in [4.69, 9.17) is 0 Å². The lowest BCUT2D eigenvalue weighted by molar-refractivity contribution is -0.131. The maximum Gasteiger partial charge on any atom is 0.245 e. The van der Waals surface area contributed by atoms with E-state index in [9.17, 15) is 4.79 Å². The lowest BCUT2D eigenvalue weighted by atomic mass is 10.00. The van der Waals surface area contributed by atoms with Crippen LogP contribution in [-0.2, 0) is 11.8 Å². The number of hydrogen-bond acceptors (Lipinski definition) is 6. The SMILES string of the molecule is C=CC(=O)N1CC(CNc2nc(Nc3ccn(C)c3)nc3ccsc23)C1. The number of fused-ring (bicyclic) bond motifs is 1. The number of amides is 1. The van der Waals surface area contributed by atoms with Crippen LogP contribution in [0.5, 0.6) is 0 Å². The van der Waals surface area contributed by atoms with Crippen molar-refractivity contribution in [3.05, 3.63) is 42.6 Å². The van der Waals surface area contributed by atoms with Crippen LogP contribution >= 0.6 is 11.3 Å². The molecule has 1 fully saturated rings. The van der Waals surface area contributed by atoms with Crippen molar-refractivity contribution >= 4 is 44.9 Å². The highest BCUT2D eigenvalue weighted by atomic mass is 32.1. The summed E-state index contributed by atoms with van der Waals surface area (Å²) in [7, 11) is 1.97. The monoisotopic (exact) mass is 368 g/mol. The van der Waals surface area contributed by atoms with Gasteiger partial charge in [-0.3, -0.25) is 4.79 Å². The summed E-state index contributed by atoms with van der Waals surface area (Å²) in [6.45, 7) is 5.81. The average molecular weight is 368 g/mol. The van der Waals surface area contributed by atoms with Gasteiger partial charge in [-0.25, -0.2) is 4.98 Å². The predicted octanol–water partition coefficient (Wildman–Crippen LogP) is 2.83. The molecule has 26 heavy (non-hydrogen) atoms. The Morgan fingerprint density at radius 2 is 2.27 bits per heavy atom. The molecule has 1 aliphatic heterocycles. The van der Waals surface area contributed by atoms with Crippen LogP contribution in [0.15, 0.2) is 42.6 Å². The van der Waals surface area contributed by atoms with E-state index < -0.39 is 0 Å². The van der Waals surface area contributed by atoms with Crippen LogP contribution in [-0.4, -0.2) is 45.0 Å². The van der Waals surface area contributed by atoms with Gasteiger partial charge in [0.1, 0.15) is 5.82 Å². The number of nitrogens with one attached hydrogen (secondary N) is 2. The molecule has 0 bridgehead atoms. The number of thiophene rings is 1. The van der Waals surface area contributed by atoms with E-state index in [1.54, 1.807) is 16.2 Å². The third-order valence-corrected chi connectivity index (χ3v) is 5.30.